The van der Waals surface area contributed by atoms with Crippen LogP contribution in [0.5, 0.6) is 5.88 Å². The van der Waals surface area contributed by atoms with E-state index in [0.29, 0.717) is 13.0 Å². The third-order valence-electron chi connectivity index (χ3n) is 3.54. The van der Waals surface area contributed by atoms with Crippen LogP contribution in [0.25, 0.3) is 0 Å². The van der Waals surface area contributed by atoms with Crippen molar-refractivity contribution in [2.75, 3.05) is 18.6 Å². The Kier molecular flexibility index (Phi) is 4.56. The maximum Gasteiger partial charge on any atom is 0.311 e. The second-order valence-electron chi connectivity index (χ2n) is 4.89. The molecular formula is C13H17N3O5. The molecule has 8 nitrogen and oxygen atoms in total. The molecule has 0 radical (unpaired) electrons. The lowest BCUT2D eigenvalue weighted by Crippen LogP contribution is -2.41. The number of pyridine rings is 1. The van der Waals surface area contributed by atoms with Crippen LogP contribution in [0.1, 0.15) is 25.7 Å². The molecule has 0 saturated carbocycles. The average Bonchev–Trinajstić information content (AvgIpc) is 2.46. The van der Waals surface area contributed by atoms with Crippen LogP contribution in [-0.2, 0) is 4.79 Å². The molecule has 1 saturated heterocycles. The molecule has 0 aliphatic carbocycles. The molecule has 1 atom stereocenters. The molecule has 0 spiro atoms. The minimum absolute atomic E-state index is 0.0595. The molecule has 1 aliphatic rings. The topological polar surface area (TPSA) is 106 Å². The SMILES string of the molecule is COc1ccc([N+](=O)[O-])c(N2CCCCC2CC(=O)O)n1. The first-order valence-electron chi connectivity index (χ1n) is 6.70. The number of hydrogen-bond acceptors (Lipinski definition) is 6. The van der Waals surface area contributed by atoms with E-state index in [1.807, 2.05) is 0 Å². The van der Waals surface area contributed by atoms with Crippen LogP contribution in [0.3, 0.4) is 0 Å². The summed E-state index contributed by atoms with van der Waals surface area (Å²) in [6.07, 6.45) is 2.39. The molecule has 0 bridgehead atoms. The van der Waals surface area contributed by atoms with Crippen molar-refractivity contribution in [3.8, 4) is 5.88 Å². The Morgan fingerprint density at radius 2 is 2.33 bits per heavy atom. The Morgan fingerprint density at radius 3 is 2.95 bits per heavy atom. The Labute approximate surface area is 121 Å². The summed E-state index contributed by atoms with van der Waals surface area (Å²) < 4.78 is 5.02. The number of nitro groups is 1. The number of carboxylic acids is 1. The fraction of sp³-hybridized carbons (Fsp3) is 0.538. The fourth-order valence-corrected chi connectivity index (χ4v) is 2.58. The minimum atomic E-state index is -0.919. The number of hydrogen-bond donors (Lipinski definition) is 1. The predicted octanol–water partition coefficient (Wildman–Crippen LogP) is 1.83. The predicted molar refractivity (Wildman–Crippen MR) is 74.7 cm³/mol. The smallest absolute Gasteiger partial charge is 0.311 e. The fourth-order valence-electron chi connectivity index (χ4n) is 2.58. The van der Waals surface area contributed by atoms with Crippen molar-refractivity contribution in [3.05, 3.63) is 22.2 Å². The Hall–Kier alpha value is -2.38. The second kappa shape index (κ2) is 6.38. The summed E-state index contributed by atoms with van der Waals surface area (Å²) in [7, 11) is 1.43. The van der Waals surface area contributed by atoms with Crippen LogP contribution in [0.4, 0.5) is 11.5 Å². The number of nitrogens with zero attached hydrogens (tertiary/aromatic N) is 3. The van der Waals surface area contributed by atoms with Crippen molar-refractivity contribution in [2.24, 2.45) is 0 Å². The van der Waals surface area contributed by atoms with Crippen molar-refractivity contribution >= 4 is 17.5 Å². The van der Waals surface area contributed by atoms with E-state index in [9.17, 15) is 14.9 Å². The summed E-state index contributed by atoms with van der Waals surface area (Å²) in [6.45, 7) is 0.555. The highest BCUT2D eigenvalue weighted by molar-refractivity contribution is 5.69. The van der Waals surface area contributed by atoms with Gasteiger partial charge in [0.05, 0.1) is 18.5 Å². The van der Waals surface area contributed by atoms with Crippen molar-refractivity contribution < 1.29 is 19.6 Å². The van der Waals surface area contributed by atoms with E-state index >= 15 is 0 Å². The summed E-state index contributed by atoms with van der Waals surface area (Å²) in [4.78, 5) is 27.5. The first kappa shape index (κ1) is 15.0. The van der Waals surface area contributed by atoms with Gasteiger partial charge < -0.3 is 14.7 Å². The molecular weight excluding hydrogens is 278 g/mol. The first-order valence-corrected chi connectivity index (χ1v) is 6.70. The van der Waals surface area contributed by atoms with E-state index in [-0.39, 0.29) is 29.8 Å². The quantitative estimate of drug-likeness (QED) is 0.652. The number of carbonyl (C=O) groups is 1. The number of ether oxygens (including phenoxy) is 1. The molecule has 0 amide bonds. The molecule has 2 heterocycles. The van der Waals surface area contributed by atoms with Gasteiger partial charge in [0.1, 0.15) is 0 Å². The average molecular weight is 295 g/mol. The zero-order valence-corrected chi connectivity index (χ0v) is 11.7. The maximum atomic E-state index is 11.2. The zero-order chi connectivity index (χ0) is 15.4. The summed E-state index contributed by atoms with van der Waals surface area (Å²) in [5.41, 5.74) is -0.131. The molecule has 1 aliphatic heterocycles. The molecule has 1 aromatic heterocycles. The summed E-state index contributed by atoms with van der Waals surface area (Å²) in [5, 5.41) is 20.2. The van der Waals surface area contributed by atoms with Crippen LogP contribution >= 0.6 is 0 Å². The van der Waals surface area contributed by atoms with Crippen LogP contribution < -0.4 is 9.64 Å². The summed E-state index contributed by atoms with van der Waals surface area (Å²) in [6, 6.07) is 2.49. The summed E-state index contributed by atoms with van der Waals surface area (Å²) in [5.74, 6) is -0.460. The molecule has 114 valence electrons. The van der Waals surface area contributed by atoms with E-state index < -0.39 is 10.9 Å². The first-order chi connectivity index (χ1) is 10.0. The van der Waals surface area contributed by atoms with Crippen molar-refractivity contribution in [2.45, 2.75) is 31.7 Å². The number of methoxy groups -OCH3 is 1. The number of aromatic nitrogens is 1. The third kappa shape index (κ3) is 3.39. The van der Waals surface area contributed by atoms with E-state index in [1.54, 1.807) is 4.90 Å². The largest absolute Gasteiger partial charge is 0.481 e. The molecule has 0 aromatic carbocycles. The van der Waals surface area contributed by atoms with Gasteiger partial charge in [-0.3, -0.25) is 14.9 Å². The van der Waals surface area contributed by atoms with Crippen molar-refractivity contribution in [1.29, 1.82) is 0 Å². The van der Waals surface area contributed by atoms with Gasteiger partial charge in [0.15, 0.2) is 0 Å². The lowest BCUT2D eigenvalue weighted by atomic mass is 9.99. The molecule has 2 rings (SSSR count). The van der Waals surface area contributed by atoms with Crippen LogP contribution in [0, 0.1) is 10.1 Å². The normalized spacial score (nSPS) is 18.3. The monoisotopic (exact) mass is 295 g/mol. The number of rotatable bonds is 5. The molecule has 1 unspecified atom stereocenters. The van der Waals surface area contributed by atoms with E-state index in [1.165, 1.54) is 19.2 Å². The van der Waals surface area contributed by atoms with Gasteiger partial charge >= 0.3 is 11.7 Å². The van der Waals surface area contributed by atoms with Crippen molar-refractivity contribution in [3.63, 3.8) is 0 Å². The Balaban J connectivity index is 2.40. The number of carboxylic acid groups (broad SMARTS) is 1. The Morgan fingerprint density at radius 1 is 1.57 bits per heavy atom. The molecule has 1 fully saturated rings. The molecule has 21 heavy (non-hydrogen) atoms. The van der Waals surface area contributed by atoms with Gasteiger partial charge in [-0.1, -0.05) is 0 Å². The van der Waals surface area contributed by atoms with Crippen LogP contribution in [-0.4, -0.2) is 40.7 Å². The number of anilines is 1. The van der Waals surface area contributed by atoms with Gasteiger partial charge in [-0.15, -0.1) is 0 Å². The number of aliphatic carboxylic acids is 1. The third-order valence-corrected chi connectivity index (χ3v) is 3.54. The zero-order valence-electron chi connectivity index (χ0n) is 11.7. The lowest BCUT2D eigenvalue weighted by molar-refractivity contribution is -0.384. The van der Waals surface area contributed by atoms with Crippen molar-refractivity contribution in [1.82, 2.24) is 4.98 Å². The van der Waals surface area contributed by atoms with Gasteiger partial charge in [0, 0.05) is 24.7 Å². The highest BCUT2D eigenvalue weighted by atomic mass is 16.6. The van der Waals surface area contributed by atoms with Gasteiger partial charge in [0.2, 0.25) is 11.7 Å². The van der Waals surface area contributed by atoms with Gasteiger partial charge in [-0.25, -0.2) is 0 Å². The summed E-state index contributed by atoms with van der Waals surface area (Å²) >= 11 is 0. The maximum absolute atomic E-state index is 11.2. The second-order valence-corrected chi connectivity index (χ2v) is 4.89. The van der Waals surface area contributed by atoms with Gasteiger partial charge in [0.25, 0.3) is 0 Å². The molecule has 1 N–H and O–H groups in total. The highest BCUT2D eigenvalue weighted by Gasteiger charge is 2.31. The van der Waals surface area contributed by atoms with E-state index in [0.717, 1.165) is 12.8 Å². The minimum Gasteiger partial charge on any atom is -0.481 e. The van der Waals surface area contributed by atoms with E-state index in [4.69, 9.17) is 9.84 Å². The van der Waals surface area contributed by atoms with Gasteiger partial charge in [-0.2, -0.15) is 4.98 Å². The highest BCUT2D eigenvalue weighted by Crippen LogP contribution is 2.33. The lowest BCUT2D eigenvalue weighted by Gasteiger charge is -2.35. The van der Waals surface area contributed by atoms with Gasteiger partial charge in [-0.05, 0) is 19.3 Å². The van der Waals surface area contributed by atoms with Crippen LogP contribution in [0.15, 0.2) is 12.1 Å². The molecule has 8 heteroatoms. The van der Waals surface area contributed by atoms with E-state index in [2.05, 4.69) is 4.98 Å². The molecule has 1 aromatic rings. The standard InChI is InChI=1S/C13H17N3O5/c1-21-11-6-5-10(16(19)20)13(14-11)15-7-3-2-4-9(15)8-12(17)18/h5-6,9H,2-4,7-8H2,1H3,(H,17,18). The Bertz CT molecular complexity index is 549. The number of piperidine rings is 1. The van der Waals surface area contributed by atoms with Crippen LogP contribution in [0.2, 0.25) is 0 Å².